The fourth-order valence-electron chi connectivity index (χ4n) is 2.58. The van der Waals surface area contributed by atoms with Gasteiger partial charge in [-0.15, -0.1) is 0 Å². The van der Waals surface area contributed by atoms with Gasteiger partial charge >= 0.3 is 0 Å². The number of carbonyl (C=O) groups excluding carboxylic acids is 1. The molecule has 0 saturated carbocycles. The Morgan fingerprint density at radius 3 is 2.60 bits per heavy atom. The van der Waals surface area contributed by atoms with Crippen LogP contribution in [0.4, 0.5) is 0 Å². The summed E-state index contributed by atoms with van der Waals surface area (Å²) in [7, 11) is 0. The van der Waals surface area contributed by atoms with Crippen molar-refractivity contribution in [1.29, 1.82) is 0 Å². The summed E-state index contributed by atoms with van der Waals surface area (Å²) in [4.78, 5) is 16.8. The van der Waals surface area contributed by atoms with Gasteiger partial charge in [0, 0.05) is 39.3 Å². The molecule has 0 spiro atoms. The summed E-state index contributed by atoms with van der Waals surface area (Å²) in [5.41, 5.74) is 5.61. The second-order valence-corrected chi connectivity index (χ2v) is 6.17. The molecule has 1 heterocycles. The van der Waals surface area contributed by atoms with Crippen molar-refractivity contribution in [1.82, 2.24) is 15.1 Å². The number of rotatable bonds is 7. The van der Waals surface area contributed by atoms with E-state index < -0.39 is 0 Å². The minimum atomic E-state index is -0.0278. The Morgan fingerprint density at radius 1 is 1.20 bits per heavy atom. The van der Waals surface area contributed by atoms with Crippen LogP contribution in [0.1, 0.15) is 33.6 Å². The fourth-order valence-corrected chi connectivity index (χ4v) is 2.58. The maximum atomic E-state index is 12.2. The second kappa shape index (κ2) is 9.32. The van der Waals surface area contributed by atoms with E-state index in [1.165, 1.54) is 0 Å². The lowest BCUT2D eigenvalue weighted by atomic mass is 10.1. The lowest BCUT2D eigenvalue weighted by Crippen LogP contribution is -2.47. The highest BCUT2D eigenvalue weighted by Gasteiger charge is 2.23. The third kappa shape index (κ3) is 6.20. The number of nitrogens with one attached hydrogen (secondary N) is 1. The molecule has 1 amide bonds. The molecule has 0 bridgehead atoms. The van der Waals surface area contributed by atoms with Crippen LogP contribution in [0.25, 0.3) is 0 Å². The summed E-state index contributed by atoms with van der Waals surface area (Å²) >= 11 is 0. The number of amides is 1. The molecule has 1 aliphatic rings. The summed E-state index contributed by atoms with van der Waals surface area (Å²) in [6.07, 6.45) is 2.16. The van der Waals surface area contributed by atoms with Crippen LogP contribution >= 0.6 is 0 Å². The van der Waals surface area contributed by atoms with Gasteiger partial charge in [0.1, 0.15) is 0 Å². The maximum absolute atomic E-state index is 12.2. The van der Waals surface area contributed by atoms with Crippen molar-refractivity contribution in [3.8, 4) is 0 Å². The predicted octanol–water partition coefficient (Wildman–Crippen LogP) is 0.504. The molecule has 0 aromatic heterocycles. The van der Waals surface area contributed by atoms with E-state index >= 15 is 0 Å². The Hall–Kier alpha value is -0.650. The first-order valence-corrected chi connectivity index (χ1v) is 7.98. The topological polar surface area (TPSA) is 61.6 Å². The molecule has 5 heteroatoms. The Morgan fingerprint density at radius 2 is 1.95 bits per heavy atom. The van der Waals surface area contributed by atoms with Crippen molar-refractivity contribution < 1.29 is 4.79 Å². The van der Waals surface area contributed by atoms with Gasteiger partial charge in [0.25, 0.3) is 0 Å². The van der Waals surface area contributed by atoms with Crippen LogP contribution in [0.2, 0.25) is 0 Å². The van der Waals surface area contributed by atoms with Crippen molar-refractivity contribution in [2.24, 2.45) is 11.7 Å². The van der Waals surface area contributed by atoms with E-state index in [1.54, 1.807) is 0 Å². The van der Waals surface area contributed by atoms with Crippen LogP contribution in [-0.4, -0.2) is 67.6 Å². The number of carbonyl (C=O) groups is 1. The van der Waals surface area contributed by atoms with Crippen molar-refractivity contribution in [2.45, 2.75) is 39.7 Å². The molecule has 1 rings (SSSR count). The lowest BCUT2D eigenvalue weighted by molar-refractivity contribution is -0.125. The molecule has 5 nitrogen and oxygen atoms in total. The molecule has 0 radical (unpaired) electrons. The fraction of sp³-hybridized carbons (Fsp3) is 0.933. The van der Waals surface area contributed by atoms with Gasteiger partial charge in [-0.3, -0.25) is 9.69 Å². The van der Waals surface area contributed by atoms with Gasteiger partial charge in [0.05, 0.1) is 6.04 Å². The first-order valence-electron chi connectivity index (χ1n) is 7.98. The highest BCUT2D eigenvalue weighted by atomic mass is 16.2. The van der Waals surface area contributed by atoms with E-state index in [9.17, 15) is 4.79 Å². The van der Waals surface area contributed by atoms with Gasteiger partial charge in [-0.1, -0.05) is 13.8 Å². The van der Waals surface area contributed by atoms with Crippen LogP contribution in [0.5, 0.6) is 0 Å². The average Bonchev–Trinajstić information content (AvgIpc) is 2.63. The van der Waals surface area contributed by atoms with Crippen LogP contribution < -0.4 is 11.1 Å². The maximum Gasteiger partial charge on any atom is 0.237 e. The summed E-state index contributed by atoms with van der Waals surface area (Å²) in [6, 6.07) is -0.0278. The van der Waals surface area contributed by atoms with Crippen molar-refractivity contribution in [3.63, 3.8) is 0 Å². The monoisotopic (exact) mass is 284 g/mol. The van der Waals surface area contributed by atoms with E-state index in [-0.39, 0.29) is 11.9 Å². The first-order chi connectivity index (χ1) is 9.54. The van der Waals surface area contributed by atoms with Gasteiger partial charge in [0.15, 0.2) is 0 Å². The van der Waals surface area contributed by atoms with Crippen LogP contribution in [0.3, 0.4) is 0 Å². The van der Waals surface area contributed by atoms with Gasteiger partial charge in [0.2, 0.25) is 5.91 Å². The molecule has 1 saturated heterocycles. The van der Waals surface area contributed by atoms with Gasteiger partial charge in [-0.05, 0) is 32.2 Å². The number of nitrogens with two attached hydrogens (primary N) is 1. The van der Waals surface area contributed by atoms with Crippen molar-refractivity contribution in [3.05, 3.63) is 0 Å². The molecule has 118 valence electrons. The molecule has 1 atom stereocenters. The SMILES string of the molecule is CC(C)CCNC(=O)C(C)N1CCCN(CCN)CC1. The second-order valence-electron chi connectivity index (χ2n) is 6.17. The average molecular weight is 284 g/mol. The van der Waals surface area contributed by atoms with Gasteiger partial charge in [-0.2, -0.15) is 0 Å². The van der Waals surface area contributed by atoms with Crippen molar-refractivity contribution >= 4 is 5.91 Å². The molecule has 3 N–H and O–H groups in total. The molecular weight excluding hydrogens is 252 g/mol. The van der Waals surface area contributed by atoms with Gasteiger partial charge in [-0.25, -0.2) is 0 Å². The Kier molecular flexibility index (Phi) is 8.11. The summed E-state index contributed by atoms with van der Waals surface area (Å²) in [6.45, 7) is 12.9. The van der Waals surface area contributed by atoms with E-state index in [4.69, 9.17) is 5.73 Å². The van der Waals surface area contributed by atoms with Gasteiger partial charge < -0.3 is 16.0 Å². The van der Waals surface area contributed by atoms with Crippen LogP contribution in [0, 0.1) is 5.92 Å². The highest BCUT2D eigenvalue weighted by molar-refractivity contribution is 5.81. The standard InChI is InChI=1S/C15H32N4O/c1-13(2)5-7-17-15(20)14(3)19-9-4-8-18(10-6-16)11-12-19/h13-14H,4-12,16H2,1-3H3,(H,17,20). The summed E-state index contributed by atoms with van der Waals surface area (Å²) < 4.78 is 0. The lowest BCUT2D eigenvalue weighted by Gasteiger charge is -2.27. The largest absolute Gasteiger partial charge is 0.355 e. The normalized spacial score (nSPS) is 19.9. The molecule has 0 aromatic carbocycles. The Bertz CT molecular complexity index is 283. The molecule has 0 aromatic rings. The highest BCUT2D eigenvalue weighted by Crippen LogP contribution is 2.07. The first kappa shape index (κ1) is 17.4. The smallest absolute Gasteiger partial charge is 0.237 e. The molecule has 20 heavy (non-hydrogen) atoms. The molecule has 1 unspecified atom stereocenters. The molecular formula is C15H32N4O. The minimum Gasteiger partial charge on any atom is -0.355 e. The number of nitrogens with zero attached hydrogens (tertiary/aromatic N) is 2. The molecule has 0 aliphatic carbocycles. The zero-order valence-electron chi connectivity index (χ0n) is 13.4. The number of hydrogen-bond acceptors (Lipinski definition) is 4. The summed E-state index contributed by atoms with van der Waals surface area (Å²) in [5, 5.41) is 3.05. The van der Waals surface area contributed by atoms with Crippen LogP contribution in [-0.2, 0) is 4.79 Å². The van der Waals surface area contributed by atoms with E-state index in [1.807, 2.05) is 6.92 Å². The quantitative estimate of drug-likeness (QED) is 0.715. The number of hydrogen-bond donors (Lipinski definition) is 2. The zero-order chi connectivity index (χ0) is 15.0. The Labute approximate surface area is 123 Å². The van der Waals surface area contributed by atoms with Crippen molar-refractivity contribution in [2.75, 3.05) is 45.8 Å². The van der Waals surface area contributed by atoms with E-state index in [2.05, 4.69) is 29.0 Å². The summed E-state index contributed by atoms with van der Waals surface area (Å²) in [5.74, 6) is 0.798. The zero-order valence-corrected chi connectivity index (χ0v) is 13.4. The van der Waals surface area contributed by atoms with E-state index in [0.29, 0.717) is 12.5 Å². The Balaban J connectivity index is 2.34. The third-order valence-electron chi connectivity index (χ3n) is 4.02. The predicted molar refractivity (Wildman–Crippen MR) is 83.6 cm³/mol. The van der Waals surface area contributed by atoms with E-state index in [0.717, 1.165) is 52.1 Å². The molecule has 1 fully saturated rings. The van der Waals surface area contributed by atoms with Crippen LogP contribution in [0.15, 0.2) is 0 Å². The minimum absolute atomic E-state index is 0.0278. The third-order valence-corrected chi connectivity index (χ3v) is 4.02. The molecule has 1 aliphatic heterocycles.